The van der Waals surface area contributed by atoms with Crippen LogP contribution in [-0.2, 0) is 6.42 Å². The van der Waals surface area contributed by atoms with E-state index in [1.165, 1.54) is 37.8 Å². The minimum Gasteiger partial charge on any atom is -0.269 e. The van der Waals surface area contributed by atoms with E-state index in [4.69, 9.17) is 5.10 Å². The zero-order chi connectivity index (χ0) is 12.3. The van der Waals surface area contributed by atoms with E-state index >= 15 is 0 Å². The van der Waals surface area contributed by atoms with Gasteiger partial charge in [-0.05, 0) is 31.2 Å². The van der Waals surface area contributed by atoms with Crippen molar-refractivity contribution in [3.05, 3.63) is 18.0 Å². The first kappa shape index (κ1) is 13.1. The van der Waals surface area contributed by atoms with Crippen LogP contribution in [0.3, 0.4) is 0 Å². The van der Waals surface area contributed by atoms with Crippen LogP contribution in [0.15, 0.2) is 12.3 Å². The molecule has 2 atom stereocenters. The van der Waals surface area contributed by atoms with E-state index in [1.807, 2.05) is 0 Å². The zero-order valence-electron chi connectivity index (χ0n) is 10.9. The van der Waals surface area contributed by atoms with E-state index in [0.29, 0.717) is 16.8 Å². The molecule has 0 bridgehead atoms. The van der Waals surface area contributed by atoms with Crippen LogP contribution in [0.5, 0.6) is 0 Å². The number of rotatable bonds is 4. The van der Waals surface area contributed by atoms with Crippen LogP contribution >= 0.6 is 15.9 Å². The van der Waals surface area contributed by atoms with E-state index in [0.717, 1.165) is 6.42 Å². The lowest BCUT2D eigenvalue weighted by Crippen LogP contribution is -2.14. The maximum Gasteiger partial charge on any atom is 0.0627 e. The molecule has 2 unspecified atom stereocenters. The van der Waals surface area contributed by atoms with Gasteiger partial charge in [0.1, 0.15) is 0 Å². The number of hydrogen-bond donors (Lipinski definition) is 0. The van der Waals surface area contributed by atoms with Gasteiger partial charge in [0.2, 0.25) is 0 Å². The number of alkyl halides is 1. The topological polar surface area (TPSA) is 17.8 Å². The highest BCUT2D eigenvalue weighted by Gasteiger charge is 2.17. The van der Waals surface area contributed by atoms with Crippen LogP contribution in [0.2, 0.25) is 0 Å². The van der Waals surface area contributed by atoms with Crippen LogP contribution < -0.4 is 0 Å². The molecule has 1 saturated carbocycles. The smallest absolute Gasteiger partial charge is 0.0627 e. The Balaban J connectivity index is 1.95. The molecule has 2 nitrogen and oxygen atoms in total. The Morgan fingerprint density at radius 3 is 2.71 bits per heavy atom. The maximum atomic E-state index is 4.75. The molecule has 0 aromatic carbocycles. The molecule has 0 aliphatic heterocycles. The van der Waals surface area contributed by atoms with Crippen LogP contribution in [0.4, 0.5) is 0 Å². The fourth-order valence-electron chi connectivity index (χ4n) is 2.53. The molecular formula is C14H23BrN2. The van der Waals surface area contributed by atoms with Crippen molar-refractivity contribution in [3.63, 3.8) is 0 Å². The van der Waals surface area contributed by atoms with Crippen molar-refractivity contribution in [2.45, 2.75) is 63.2 Å². The molecule has 0 N–H and O–H groups in total. The molecule has 1 heterocycles. The highest BCUT2D eigenvalue weighted by atomic mass is 79.9. The van der Waals surface area contributed by atoms with Crippen LogP contribution in [-0.4, -0.2) is 14.6 Å². The minimum absolute atomic E-state index is 0.558. The third-order valence-corrected chi connectivity index (χ3v) is 4.83. The average molecular weight is 299 g/mol. The highest BCUT2D eigenvalue weighted by molar-refractivity contribution is 9.09. The van der Waals surface area contributed by atoms with Crippen molar-refractivity contribution in [2.24, 2.45) is 5.92 Å². The summed E-state index contributed by atoms with van der Waals surface area (Å²) in [5.74, 6) is 0.643. The monoisotopic (exact) mass is 298 g/mol. The first-order valence-electron chi connectivity index (χ1n) is 6.85. The summed E-state index contributed by atoms with van der Waals surface area (Å²) in [5.41, 5.74) is 1.24. The first-order chi connectivity index (χ1) is 8.16. The van der Waals surface area contributed by atoms with Gasteiger partial charge in [0.25, 0.3) is 0 Å². The Morgan fingerprint density at radius 1 is 1.35 bits per heavy atom. The molecule has 2 rings (SSSR count). The van der Waals surface area contributed by atoms with Crippen LogP contribution in [0.1, 0.15) is 57.7 Å². The van der Waals surface area contributed by atoms with E-state index in [1.54, 1.807) is 0 Å². The lowest BCUT2D eigenvalue weighted by molar-refractivity contribution is 0.327. The van der Waals surface area contributed by atoms with Crippen molar-refractivity contribution >= 4 is 15.9 Å². The van der Waals surface area contributed by atoms with Crippen molar-refractivity contribution in [1.29, 1.82) is 0 Å². The van der Waals surface area contributed by atoms with Crippen molar-refractivity contribution in [2.75, 3.05) is 0 Å². The Morgan fingerprint density at radius 2 is 2.06 bits per heavy atom. The lowest BCUT2D eigenvalue weighted by atomic mass is 9.96. The molecule has 0 spiro atoms. The van der Waals surface area contributed by atoms with Gasteiger partial charge in [-0.1, -0.05) is 49.0 Å². The Labute approximate surface area is 113 Å². The second kappa shape index (κ2) is 6.03. The summed E-state index contributed by atoms with van der Waals surface area (Å²) in [6.07, 6.45) is 10.0. The van der Waals surface area contributed by atoms with Gasteiger partial charge in [0, 0.05) is 11.0 Å². The van der Waals surface area contributed by atoms with E-state index in [2.05, 4.69) is 46.7 Å². The van der Waals surface area contributed by atoms with Gasteiger partial charge in [-0.2, -0.15) is 5.10 Å². The van der Waals surface area contributed by atoms with Gasteiger partial charge in [-0.25, -0.2) is 0 Å². The molecule has 1 aromatic rings. The van der Waals surface area contributed by atoms with Gasteiger partial charge in [-0.15, -0.1) is 0 Å². The van der Waals surface area contributed by atoms with Gasteiger partial charge >= 0.3 is 0 Å². The molecular weight excluding hydrogens is 276 g/mol. The third kappa shape index (κ3) is 3.57. The Kier molecular flexibility index (Phi) is 4.66. The van der Waals surface area contributed by atoms with E-state index < -0.39 is 0 Å². The largest absolute Gasteiger partial charge is 0.269 e. The quantitative estimate of drug-likeness (QED) is 0.756. The van der Waals surface area contributed by atoms with Gasteiger partial charge in [0.15, 0.2) is 0 Å². The second-order valence-electron chi connectivity index (χ2n) is 5.44. The standard InChI is InChI=1S/C14H23BrN2/c1-11(12(2)15)10-13-8-9-17(16-13)14-6-4-3-5-7-14/h8-9,11-12,14H,3-7,10H2,1-2H3. The van der Waals surface area contributed by atoms with Crippen molar-refractivity contribution in [3.8, 4) is 0 Å². The molecule has 0 amide bonds. The number of hydrogen-bond acceptors (Lipinski definition) is 1. The predicted molar refractivity (Wildman–Crippen MR) is 75.6 cm³/mol. The van der Waals surface area contributed by atoms with Crippen molar-refractivity contribution in [1.82, 2.24) is 9.78 Å². The highest BCUT2D eigenvalue weighted by Crippen LogP contribution is 2.27. The molecule has 1 aromatic heterocycles. The summed E-state index contributed by atoms with van der Waals surface area (Å²) < 4.78 is 2.21. The summed E-state index contributed by atoms with van der Waals surface area (Å²) in [6, 6.07) is 2.86. The Hall–Kier alpha value is -0.310. The number of nitrogens with zero attached hydrogens (tertiary/aromatic N) is 2. The summed E-state index contributed by atoms with van der Waals surface area (Å²) >= 11 is 3.65. The van der Waals surface area contributed by atoms with Gasteiger partial charge in [-0.3, -0.25) is 4.68 Å². The normalized spacial score (nSPS) is 21.4. The molecule has 3 heteroatoms. The third-order valence-electron chi connectivity index (χ3n) is 3.93. The molecule has 1 fully saturated rings. The predicted octanol–water partition coefficient (Wildman–Crippen LogP) is 4.35. The molecule has 1 aliphatic carbocycles. The first-order valence-corrected chi connectivity index (χ1v) is 7.76. The zero-order valence-corrected chi connectivity index (χ0v) is 12.5. The summed E-state index contributed by atoms with van der Waals surface area (Å²) in [7, 11) is 0. The number of aromatic nitrogens is 2. The molecule has 0 saturated heterocycles. The fraction of sp³-hybridized carbons (Fsp3) is 0.786. The summed E-state index contributed by atoms with van der Waals surface area (Å²) in [5, 5.41) is 4.75. The van der Waals surface area contributed by atoms with E-state index in [-0.39, 0.29) is 0 Å². The fourth-order valence-corrected chi connectivity index (χ4v) is 2.71. The average Bonchev–Trinajstić information content (AvgIpc) is 2.78. The SMILES string of the molecule is CC(Br)C(C)Cc1ccn(C2CCCCC2)n1. The van der Waals surface area contributed by atoms with E-state index in [9.17, 15) is 0 Å². The Bertz CT molecular complexity index is 340. The minimum atomic E-state index is 0.558. The summed E-state index contributed by atoms with van der Waals surface area (Å²) in [4.78, 5) is 0.558. The lowest BCUT2D eigenvalue weighted by Gasteiger charge is -2.21. The molecule has 1 aliphatic rings. The van der Waals surface area contributed by atoms with Gasteiger partial charge in [0.05, 0.1) is 11.7 Å². The van der Waals surface area contributed by atoms with Crippen LogP contribution in [0.25, 0.3) is 0 Å². The molecule has 17 heavy (non-hydrogen) atoms. The number of halogens is 1. The van der Waals surface area contributed by atoms with Gasteiger partial charge < -0.3 is 0 Å². The van der Waals surface area contributed by atoms with Crippen molar-refractivity contribution < 1.29 is 0 Å². The van der Waals surface area contributed by atoms with Crippen LogP contribution in [0, 0.1) is 5.92 Å². The summed E-state index contributed by atoms with van der Waals surface area (Å²) in [6.45, 7) is 4.49. The molecule has 0 radical (unpaired) electrons. The maximum absolute atomic E-state index is 4.75. The second-order valence-corrected chi connectivity index (χ2v) is 6.88. The molecule has 96 valence electrons.